The van der Waals surface area contributed by atoms with Crippen LogP contribution in [0.3, 0.4) is 0 Å². The van der Waals surface area contributed by atoms with Crippen LogP contribution in [0.4, 0.5) is 4.39 Å². The van der Waals surface area contributed by atoms with Crippen LogP contribution in [0.1, 0.15) is 35.2 Å². The van der Waals surface area contributed by atoms with Gasteiger partial charge in [0.2, 0.25) is 0 Å². The second-order valence-corrected chi connectivity index (χ2v) is 5.23. The fourth-order valence-electron chi connectivity index (χ4n) is 2.83. The summed E-state index contributed by atoms with van der Waals surface area (Å²) in [7, 11) is 1.28. The van der Waals surface area contributed by atoms with E-state index in [-0.39, 0.29) is 5.56 Å². The molecular formula is C16H17FO4. The Morgan fingerprint density at radius 1 is 1.33 bits per heavy atom. The van der Waals surface area contributed by atoms with Crippen molar-refractivity contribution in [2.45, 2.75) is 25.0 Å². The standard InChI is InChI=1S/C16H17FO4/c1-19-15(18)12-2-3-13(14(17)10-12)11-4-6-16(7-5-11)20-8-9-21-16/h2-4,10H,5-9H2,1H3. The Kier molecular flexibility index (Phi) is 3.78. The van der Waals surface area contributed by atoms with Crippen molar-refractivity contribution in [3.8, 4) is 0 Å². The molecule has 1 spiro atoms. The van der Waals surface area contributed by atoms with Crippen molar-refractivity contribution in [1.29, 1.82) is 0 Å². The molecule has 1 aliphatic carbocycles. The maximum atomic E-state index is 14.2. The molecule has 0 N–H and O–H groups in total. The molecule has 0 radical (unpaired) electrons. The van der Waals surface area contributed by atoms with E-state index in [0.717, 1.165) is 12.0 Å². The predicted octanol–water partition coefficient (Wildman–Crippen LogP) is 2.92. The smallest absolute Gasteiger partial charge is 0.337 e. The fraction of sp³-hybridized carbons (Fsp3) is 0.438. The summed E-state index contributed by atoms with van der Waals surface area (Å²) < 4.78 is 30.1. The van der Waals surface area contributed by atoms with E-state index in [1.165, 1.54) is 13.2 Å². The summed E-state index contributed by atoms with van der Waals surface area (Å²) in [5.74, 6) is -1.45. The van der Waals surface area contributed by atoms with Crippen LogP contribution in [0, 0.1) is 5.82 Å². The molecule has 2 aliphatic rings. The lowest BCUT2D eigenvalue weighted by Gasteiger charge is -2.30. The van der Waals surface area contributed by atoms with Gasteiger partial charge in [-0.3, -0.25) is 0 Å². The van der Waals surface area contributed by atoms with Gasteiger partial charge in [-0.2, -0.15) is 0 Å². The summed E-state index contributed by atoms with van der Waals surface area (Å²) in [5, 5.41) is 0. The summed E-state index contributed by atoms with van der Waals surface area (Å²) in [6, 6.07) is 4.43. The zero-order chi connectivity index (χ0) is 14.9. The Balaban J connectivity index is 1.81. The van der Waals surface area contributed by atoms with Crippen LogP contribution in [-0.2, 0) is 14.2 Å². The third-order valence-corrected chi connectivity index (χ3v) is 3.98. The summed E-state index contributed by atoms with van der Waals surface area (Å²) in [4.78, 5) is 11.4. The van der Waals surface area contributed by atoms with Crippen LogP contribution in [-0.4, -0.2) is 32.1 Å². The van der Waals surface area contributed by atoms with Crippen molar-refractivity contribution in [3.05, 3.63) is 41.2 Å². The van der Waals surface area contributed by atoms with Crippen molar-refractivity contribution in [3.63, 3.8) is 0 Å². The Labute approximate surface area is 122 Å². The predicted molar refractivity (Wildman–Crippen MR) is 74.2 cm³/mol. The molecular weight excluding hydrogens is 275 g/mol. The molecule has 1 aromatic carbocycles. The van der Waals surface area contributed by atoms with Crippen molar-refractivity contribution >= 4 is 11.5 Å². The third-order valence-electron chi connectivity index (χ3n) is 3.98. The number of hydrogen-bond acceptors (Lipinski definition) is 4. The van der Waals surface area contributed by atoms with Crippen molar-refractivity contribution < 1.29 is 23.4 Å². The van der Waals surface area contributed by atoms with Crippen LogP contribution < -0.4 is 0 Å². The fourth-order valence-corrected chi connectivity index (χ4v) is 2.83. The third kappa shape index (κ3) is 2.71. The molecule has 1 aliphatic heterocycles. The highest BCUT2D eigenvalue weighted by atomic mass is 19.1. The lowest BCUT2D eigenvalue weighted by Crippen LogP contribution is -2.31. The normalized spacial score (nSPS) is 20.4. The molecule has 1 saturated heterocycles. The van der Waals surface area contributed by atoms with E-state index in [1.807, 2.05) is 6.08 Å². The van der Waals surface area contributed by atoms with E-state index < -0.39 is 17.6 Å². The monoisotopic (exact) mass is 292 g/mol. The Hall–Kier alpha value is -1.72. The number of methoxy groups -OCH3 is 1. The van der Waals surface area contributed by atoms with Gasteiger partial charge in [0.1, 0.15) is 5.82 Å². The molecule has 0 saturated carbocycles. The SMILES string of the molecule is COC(=O)c1ccc(C2=CCC3(CC2)OCCO3)c(F)c1. The van der Waals surface area contributed by atoms with Gasteiger partial charge in [-0.05, 0) is 24.1 Å². The number of ether oxygens (including phenoxy) is 3. The van der Waals surface area contributed by atoms with E-state index in [4.69, 9.17) is 9.47 Å². The van der Waals surface area contributed by atoms with Gasteiger partial charge in [0.05, 0.1) is 25.9 Å². The van der Waals surface area contributed by atoms with Crippen molar-refractivity contribution in [1.82, 2.24) is 0 Å². The molecule has 1 aromatic rings. The molecule has 0 unspecified atom stereocenters. The first-order valence-corrected chi connectivity index (χ1v) is 6.99. The number of benzene rings is 1. The van der Waals surface area contributed by atoms with E-state index >= 15 is 0 Å². The van der Waals surface area contributed by atoms with Crippen molar-refractivity contribution in [2.75, 3.05) is 20.3 Å². The average molecular weight is 292 g/mol. The maximum Gasteiger partial charge on any atom is 0.337 e. The minimum atomic E-state index is -0.537. The van der Waals surface area contributed by atoms with Crippen molar-refractivity contribution in [2.24, 2.45) is 0 Å². The average Bonchev–Trinajstić information content (AvgIpc) is 2.96. The Morgan fingerprint density at radius 2 is 2.10 bits per heavy atom. The largest absolute Gasteiger partial charge is 0.465 e. The van der Waals surface area contributed by atoms with Crippen LogP contribution in [0.2, 0.25) is 0 Å². The number of carbonyl (C=O) groups excluding carboxylic acids is 1. The summed E-state index contributed by atoms with van der Waals surface area (Å²) in [5.41, 5.74) is 1.67. The number of halogens is 1. The molecule has 0 amide bonds. The number of allylic oxidation sites excluding steroid dienone is 1. The Morgan fingerprint density at radius 3 is 2.67 bits per heavy atom. The second-order valence-electron chi connectivity index (χ2n) is 5.23. The highest BCUT2D eigenvalue weighted by Crippen LogP contribution is 2.38. The molecule has 0 atom stereocenters. The first-order valence-electron chi connectivity index (χ1n) is 6.99. The lowest BCUT2D eigenvalue weighted by atomic mass is 9.89. The highest BCUT2D eigenvalue weighted by Gasteiger charge is 2.37. The van der Waals surface area contributed by atoms with Crippen LogP contribution in [0.25, 0.3) is 5.57 Å². The zero-order valence-corrected chi connectivity index (χ0v) is 11.9. The lowest BCUT2D eigenvalue weighted by molar-refractivity contribution is -0.159. The van der Waals surface area contributed by atoms with Gasteiger partial charge in [0.25, 0.3) is 0 Å². The van der Waals surface area contributed by atoms with Crippen LogP contribution >= 0.6 is 0 Å². The summed E-state index contributed by atoms with van der Waals surface area (Å²) >= 11 is 0. The first-order chi connectivity index (χ1) is 10.1. The van der Waals surface area contributed by atoms with E-state index in [1.54, 1.807) is 12.1 Å². The quantitative estimate of drug-likeness (QED) is 0.786. The molecule has 0 aromatic heterocycles. The highest BCUT2D eigenvalue weighted by molar-refractivity contribution is 5.89. The number of esters is 1. The van der Waals surface area contributed by atoms with Gasteiger partial charge >= 0.3 is 5.97 Å². The molecule has 3 rings (SSSR count). The zero-order valence-electron chi connectivity index (χ0n) is 11.9. The molecule has 0 bridgehead atoms. The number of carbonyl (C=O) groups is 1. The van der Waals surface area contributed by atoms with E-state index in [0.29, 0.717) is 31.6 Å². The molecule has 1 fully saturated rings. The number of rotatable bonds is 2. The van der Waals surface area contributed by atoms with Gasteiger partial charge in [-0.15, -0.1) is 0 Å². The summed E-state index contributed by atoms with van der Waals surface area (Å²) in [6.07, 6.45) is 4.00. The van der Waals surface area contributed by atoms with Crippen LogP contribution in [0.15, 0.2) is 24.3 Å². The van der Waals surface area contributed by atoms with E-state index in [9.17, 15) is 9.18 Å². The summed E-state index contributed by atoms with van der Waals surface area (Å²) in [6.45, 7) is 1.23. The van der Waals surface area contributed by atoms with Crippen LogP contribution in [0.5, 0.6) is 0 Å². The minimum Gasteiger partial charge on any atom is -0.465 e. The van der Waals surface area contributed by atoms with Gasteiger partial charge in [0.15, 0.2) is 5.79 Å². The molecule has 5 heteroatoms. The minimum absolute atomic E-state index is 0.217. The topological polar surface area (TPSA) is 44.8 Å². The van der Waals surface area contributed by atoms with Gasteiger partial charge in [-0.25, -0.2) is 9.18 Å². The second kappa shape index (κ2) is 5.58. The van der Waals surface area contributed by atoms with Gasteiger partial charge in [0, 0.05) is 18.4 Å². The van der Waals surface area contributed by atoms with Gasteiger partial charge < -0.3 is 14.2 Å². The van der Waals surface area contributed by atoms with E-state index in [2.05, 4.69) is 4.74 Å². The Bertz CT molecular complexity index is 588. The molecule has 112 valence electrons. The molecule has 1 heterocycles. The number of hydrogen-bond donors (Lipinski definition) is 0. The van der Waals surface area contributed by atoms with Gasteiger partial charge in [-0.1, -0.05) is 12.1 Å². The first kappa shape index (κ1) is 14.2. The maximum absolute atomic E-state index is 14.2. The molecule has 4 nitrogen and oxygen atoms in total. The molecule has 21 heavy (non-hydrogen) atoms.